The largest absolute Gasteiger partial charge is 0.444 e. The molecule has 2 heterocycles. The van der Waals surface area contributed by atoms with Gasteiger partial charge in [0.25, 0.3) is 0 Å². The third-order valence-corrected chi connectivity index (χ3v) is 4.12. The first-order valence-corrected chi connectivity index (χ1v) is 8.67. The average molecular weight is 335 g/mol. The number of nitrogens with one attached hydrogen (secondary N) is 2. The molecule has 7 heteroatoms. The van der Waals surface area contributed by atoms with E-state index in [1.807, 2.05) is 39.5 Å². The Hall–Kier alpha value is -2.05. The second-order valence-electron chi connectivity index (χ2n) is 6.51. The number of aryl methyl sites for hydroxylation is 2. The number of hydrogen-bond acceptors (Lipinski definition) is 4. The van der Waals surface area contributed by atoms with Gasteiger partial charge in [-0.05, 0) is 27.2 Å². The van der Waals surface area contributed by atoms with Gasteiger partial charge in [0.1, 0.15) is 12.3 Å². The number of carbonyl (C=O) groups excluding carboxylic acids is 1. The lowest BCUT2D eigenvalue weighted by Gasteiger charge is -2.20. The number of rotatable bonds is 5. The second-order valence-corrected chi connectivity index (χ2v) is 6.51. The molecular weight excluding hydrogens is 306 g/mol. The summed E-state index contributed by atoms with van der Waals surface area (Å²) in [6.07, 6.45) is 0.931. The van der Waals surface area contributed by atoms with Crippen molar-refractivity contribution in [3.63, 3.8) is 0 Å². The van der Waals surface area contributed by atoms with Crippen LogP contribution in [0.5, 0.6) is 0 Å². The first kappa shape index (κ1) is 18.3. The van der Waals surface area contributed by atoms with Gasteiger partial charge in [0.05, 0.1) is 5.69 Å². The molecule has 0 aromatic carbocycles. The van der Waals surface area contributed by atoms with E-state index in [0.717, 1.165) is 43.5 Å². The standard InChI is InChI=1S/C17H29N5O2/c1-6-18-17(19-9-15-20-12(4)13(5)24-15)21-14-7-8-22(10-14)16(23)11(2)3/h11,14H,6-10H2,1-5H3,(H2,18,19,21). The molecule has 7 nitrogen and oxygen atoms in total. The highest BCUT2D eigenvalue weighted by atomic mass is 16.4. The van der Waals surface area contributed by atoms with Crippen LogP contribution in [-0.2, 0) is 11.3 Å². The van der Waals surface area contributed by atoms with Crippen LogP contribution in [0.2, 0.25) is 0 Å². The number of amides is 1. The normalized spacial score (nSPS) is 18.3. The third kappa shape index (κ3) is 4.72. The van der Waals surface area contributed by atoms with Gasteiger partial charge in [-0.25, -0.2) is 9.98 Å². The summed E-state index contributed by atoms with van der Waals surface area (Å²) in [5, 5.41) is 6.64. The number of nitrogens with zero attached hydrogens (tertiary/aromatic N) is 3. The maximum atomic E-state index is 12.1. The van der Waals surface area contributed by atoms with E-state index in [9.17, 15) is 4.79 Å². The monoisotopic (exact) mass is 335 g/mol. The summed E-state index contributed by atoms with van der Waals surface area (Å²) in [6, 6.07) is 0.221. The molecule has 134 valence electrons. The molecule has 2 N–H and O–H groups in total. The van der Waals surface area contributed by atoms with E-state index in [-0.39, 0.29) is 17.9 Å². The first-order valence-electron chi connectivity index (χ1n) is 8.67. The molecule has 1 aromatic heterocycles. The average Bonchev–Trinajstić information content (AvgIpc) is 3.11. The molecule has 1 saturated heterocycles. The van der Waals surface area contributed by atoms with Gasteiger partial charge in [0.15, 0.2) is 5.96 Å². The minimum atomic E-state index is 0.0437. The summed E-state index contributed by atoms with van der Waals surface area (Å²) in [5.41, 5.74) is 0.900. The Labute approximate surface area is 143 Å². The molecular formula is C17H29N5O2. The summed E-state index contributed by atoms with van der Waals surface area (Å²) >= 11 is 0. The van der Waals surface area contributed by atoms with Crippen LogP contribution in [0.25, 0.3) is 0 Å². The molecule has 0 bridgehead atoms. The number of oxazole rings is 1. The van der Waals surface area contributed by atoms with Crippen LogP contribution in [-0.4, -0.2) is 47.4 Å². The fourth-order valence-electron chi connectivity index (χ4n) is 2.71. The number of aromatic nitrogens is 1. The van der Waals surface area contributed by atoms with Gasteiger partial charge in [0.2, 0.25) is 11.8 Å². The zero-order valence-electron chi connectivity index (χ0n) is 15.3. The van der Waals surface area contributed by atoms with Gasteiger partial charge in [-0.15, -0.1) is 0 Å². The molecule has 0 spiro atoms. The molecule has 0 saturated carbocycles. The van der Waals surface area contributed by atoms with E-state index >= 15 is 0 Å². The van der Waals surface area contributed by atoms with Crippen LogP contribution in [0.15, 0.2) is 9.41 Å². The molecule has 2 rings (SSSR count). The predicted molar refractivity (Wildman–Crippen MR) is 93.8 cm³/mol. The van der Waals surface area contributed by atoms with Crippen molar-refractivity contribution >= 4 is 11.9 Å². The van der Waals surface area contributed by atoms with Crippen molar-refractivity contribution < 1.29 is 9.21 Å². The van der Waals surface area contributed by atoms with Crippen molar-refractivity contribution in [3.05, 3.63) is 17.3 Å². The Morgan fingerprint density at radius 2 is 2.21 bits per heavy atom. The Morgan fingerprint density at radius 3 is 2.79 bits per heavy atom. The van der Waals surface area contributed by atoms with Crippen LogP contribution in [0.3, 0.4) is 0 Å². The molecule has 1 amide bonds. The predicted octanol–water partition coefficient (Wildman–Crippen LogP) is 1.60. The van der Waals surface area contributed by atoms with E-state index in [1.165, 1.54) is 0 Å². The van der Waals surface area contributed by atoms with Gasteiger partial charge in [-0.1, -0.05) is 13.8 Å². The molecule has 0 aliphatic carbocycles. The molecule has 1 aliphatic rings. The van der Waals surface area contributed by atoms with Crippen molar-refractivity contribution in [2.24, 2.45) is 10.9 Å². The van der Waals surface area contributed by atoms with E-state index in [4.69, 9.17) is 4.42 Å². The number of likely N-dealkylation sites (tertiary alicyclic amines) is 1. The zero-order valence-corrected chi connectivity index (χ0v) is 15.3. The summed E-state index contributed by atoms with van der Waals surface area (Å²) in [7, 11) is 0. The van der Waals surface area contributed by atoms with Crippen molar-refractivity contribution in [2.75, 3.05) is 19.6 Å². The van der Waals surface area contributed by atoms with Gasteiger partial charge in [-0.2, -0.15) is 0 Å². The van der Waals surface area contributed by atoms with Crippen LogP contribution in [0, 0.1) is 19.8 Å². The van der Waals surface area contributed by atoms with Crippen molar-refractivity contribution in [1.29, 1.82) is 0 Å². The topological polar surface area (TPSA) is 82.8 Å². The molecule has 0 radical (unpaired) electrons. The fourth-order valence-corrected chi connectivity index (χ4v) is 2.71. The first-order chi connectivity index (χ1) is 11.4. The second kappa shape index (κ2) is 8.17. The molecule has 1 atom stereocenters. The summed E-state index contributed by atoms with van der Waals surface area (Å²) < 4.78 is 5.56. The smallest absolute Gasteiger partial charge is 0.225 e. The highest BCUT2D eigenvalue weighted by molar-refractivity contribution is 5.81. The minimum absolute atomic E-state index is 0.0437. The Balaban J connectivity index is 1.93. The zero-order chi connectivity index (χ0) is 17.7. The van der Waals surface area contributed by atoms with Gasteiger partial charge in [0, 0.05) is 31.6 Å². The molecule has 1 unspecified atom stereocenters. The van der Waals surface area contributed by atoms with Crippen molar-refractivity contribution in [3.8, 4) is 0 Å². The SMILES string of the molecule is CCNC(=NCc1nc(C)c(C)o1)NC1CCN(C(=O)C(C)C)C1. The van der Waals surface area contributed by atoms with Gasteiger partial charge < -0.3 is 20.0 Å². The van der Waals surface area contributed by atoms with Gasteiger partial charge in [-0.3, -0.25) is 4.79 Å². The fraction of sp³-hybridized carbons (Fsp3) is 0.706. The highest BCUT2D eigenvalue weighted by Crippen LogP contribution is 2.13. The lowest BCUT2D eigenvalue weighted by molar-refractivity contribution is -0.133. The van der Waals surface area contributed by atoms with E-state index in [1.54, 1.807) is 0 Å². The number of guanidine groups is 1. The van der Waals surface area contributed by atoms with Crippen LogP contribution >= 0.6 is 0 Å². The summed E-state index contributed by atoms with van der Waals surface area (Å²) in [4.78, 5) is 22.9. The highest BCUT2D eigenvalue weighted by Gasteiger charge is 2.27. The lowest BCUT2D eigenvalue weighted by Crippen LogP contribution is -2.45. The third-order valence-electron chi connectivity index (χ3n) is 4.12. The van der Waals surface area contributed by atoms with Crippen LogP contribution < -0.4 is 10.6 Å². The van der Waals surface area contributed by atoms with Crippen LogP contribution in [0.4, 0.5) is 0 Å². The van der Waals surface area contributed by atoms with Gasteiger partial charge >= 0.3 is 0 Å². The summed E-state index contributed by atoms with van der Waals surface area (Å²) in [6.45, 7) is 12.4. The number of hydrogen-bond donors (Lipinski definition) is 2. The molecule has 24 heavy (non-hydrogen) atoms. The Kier molecular flexibility index (Phi) is 6.23. The minimum Gasteiger partial charge on any atom is -0.444 e. The Morgan fingerprint density at radius 1 is 1.46 bits per heavy atom. The number of carbonyl (C=O) groups is 1. The van der Waals surface area contributed by atoms with Crippen molar-refractivity contribution in [1.82, 2.24) is 20.5 Å². The van der Waals surface area contributed by atoms with Crippen molar-refractivity contribution in [2.45, 2.75) is 53.6 Å². The van der Waals surface area contributed by atoms with Crippen LogP contribution in [0.1, 0.15) is 44.5 Å². The van der Waals surface area contributed by atoms with E-state index in [2.05, 4.69) is 20.6 Å². The Bertz CT molecular complexity index is 574. The maximum absolute atomic E-state index is 12.1. The van der Waals surface area contributed by atoms with E-state index in [0.29, 0.717) is 12.4 Å². The molecule has 1 aliphatic heterocycles. The lowest BCUT2D eigenvalue weighted by atomic mass is 10.2. The van der Waals surface area contributed by atoms with E-state index < -0.39 is 0 Å². The number of aliphatic imine (C=N–C) groups is 1. The maximum Gasteiger partial charge on any atom is 0.225 e. The summed E-state index contributed by atoms with van der Waals surface area (Å²) in [5.74, 6) is 2.44. The molecule has 1 aromatic rings. The molecule has 1 fully saturated rings. The quantitative estimate of drug-likeness (QED) is 0.631.